The molecule has 2 aliphatic carbocycles. The summed E-state index contributed by atoms with van der Waals surface area (Å²) < 4.78 is 5.42. The summed E-state index contributed by atoms with van der Waals surface area (Å²) >= 11 is 1.43. The molecule has 5 atom stereocenters. The van der Waals surface area contributed by atoms with E-state index in [2.05, 4.69) is 15.6 Å². The van der Waals surface area contributed by atoms with Crippen molar-refractivity contribution in [2.45, 2.75) is 75.1 Å². The number of thioether (sulfide) groups is 1. The lowest BCUT2D eigenvalue weighted by atomic mass is 9.69. The number of esters is 1. The minimum absolute atomic E-state index is 0.0922. The second-order valence-electron chi connectivity index (χ2n) is 11.3. The fourth-order valence-electron chi connectivity index (χ4n) is 6.09. The molecule has 12 nitrogen and oxygen atoms in total. The van der Waals surface area contributed by atoms with Crippen LogP contribution >= 0.6 is 11.8 Å². The molecule has 0 bridgehead atoms. The van der Waals surface area contributed by atoms with Gasteiger partial charge in [-0.1, -0.05) is 25.0 Å². The van der Waals surface area contributed by atoms with Gasteiger partial charge in [0.1, 0.15) is 30.3 Å². The highest BCUT2D eigenvalue weighted by atomic mass is 32.2. The van der Waals surface area contributed by atoms with Crippen molar-refractivity contribution in [3.8, 4) is 0 Å². The Morgan fingerprint density at radius 3 is 2.65 bits per heavy atom. The first-order valence-corrected chi connectivity index (χ1v) is 15.5. The first-order chi connectivity index (χ1) is 20.5. The first kappa shape index (κ1) is 32.2. The molecule has 1 aromatic rings. The van der Waals surface area contributed by atoms with Crippen molar-refractivity contribution in [1.82, 2.24) is 15.6 Å². The number of pyridine rings is 1. The van der Waals surface area contributed by atoms with Gasteiger partial charge < -0.3 is 31.3 Å². The van der Waals surface area contributed by atoms with E-state index < -0.39 is 53.0 Å². The smallest absolute Gasteiger partial charge is 0.322 e. The van der Waals surface area contributed by atoms with Gasteiger partial charge in [0.2, 0.25) is 11.8 Å². The van der Waals surface area contributed by atoms with Crippen molar-refractivity contribution >= 4 is 41.5 Å². The second kappa shape index (κ2) is 14.2. The van der Waals surface area contributed by atoms with Crippen LogP contribution in [0.25, 0.3) is 0 Å². The van der Waals surface area contributed by atoms with E-state index in [1.54, 1.807) is 12.4 Å². The SMILES string of the molecule is CCCC1(SCC(NC(=O)CCC(N)C(=O)O)C(=O)NCC(=O)O)CCC2CC(Cc3ccncc3)=CC3C(=O)OC1=C23. The third kappa shape index (κ3) is 7.82. The van der Waals surface area contributed by atoms with Crippen molar-refractivity contribution in [2.75, 3.05) is 12.3 Å². The molecule has 232 valence electrons. The molecule has 2 amide bonds. The van der Waals surface area contributed by atoms with Crippen molar-refractivity contribution < 1.29 is 38.9 Å². The molecule has 1 aromatic heterocycles. The minimum Gasteiger partial charge on any atom is -0.480 e. The Morgan fingerprint density at radius 1 is 1.23 bits per heavy atom. The Bertz CT molecular complexity index is 1320. The Hall–Kier alpha value is -3.71. The first-order valence-electron chi connectivity index (χ1n) is 14.5. The van der Waals surface area contributed by atoms with E-state index in [1.165, 1.54) is 17.3 Å². The van der Waals surface area contributed by atoms with Crippen LogP contribution in [0.3, 0.4) is 0 Å². The molecular formula is C30H38N4O8S. The highest BCUT2D eigenvalue weighted by Gasteiger charge is 2.52. The Balaban J connectivity index is 1.54. The number of amides is 2. The maximum absolute atomic E-state index is 13.2. The fourth-order valence-corrected chi connectivity index (χ4v) is 7.71. The third-order valence-electron chi connectivity index (χ3n) is 8.14. The topological polar surface area (TPSA) is 198 Å². The summed E-state index contributed by atoms with van der Waals surface area (Å²) in [4.78, 5) is 65.0. The monoisotopic (exact) mass is 614 g/mol. The molecule has 0 fully saturated rings. The van der Waals surface area contributed by atoms with E-state index in [1.807, 2.05) is 25.1 Å². The zero-order valence-electron chi connectivity index (χ0n) is 24.0. The molecule has 0 saturated carbocycles. The maximum atomic E-state index is 13.2. The average molecular weight is 615 g/mol. The van der Waals surface area contributed by atoms with Gasteiger partial charge in [0.25, 0.3) is 0 Å². The van der Waals surface area contributed by atoms with Crippen LogP contribution in [-0.4, -0.2) is 74.0 Å². The highest BCUT2D eigenvalue weighted by Crippen LogP contribution is 2.56. The van der Waals surface area contributed by atoms with E-state index >= 15 is 0 Å². The standard InChI is InChI=1S/C30H38N4O8S/c1-2-8-30(43-16-22(27(38)33-15-24(36)37)34-23(35)4-3-21(31)28(39)40)9-5-19-13-18(12-17-6-10-32-11-7-17)14-20-25(19)26(30)42-29(20)41/h6-7,10-11,14,19-22H,2-5,8-9,12-13,15-16,31H2,1H3,(H,33,38)(H,34,35)(H,36,37)(H,39,40). The Labute approximate surface area is 253 Å². The lowest BCUT2D eigenvalue weighted by molar-refractivity contribution is -0.140. The molecule has 2 heterocycles. The summed E-state index contributed by atoms with van der Waals surface area (Å²) in [5.74, 6) is -3.55. The molecule has 5 unspecified atom stereocenters. The minimum atomic E-state index is -1.24. The number of aromatic nitrogens is 1. The van der Waals surface area contributed by atoms with Gasteiger partial charge in [0, 0.05) is 24.6 Å². The number of aliphatic carboxylic acids is 2. The van der Waals surface area contributed by atoms with Crippen LogP contribution in [0.1, 0.15) is 57.4 Å². The third-order valence-corrected chi connectivity index (χ3v) is 9.79. The lowest BCUT2D eigenvalue weighted by Crippen LogP contribution is -2.50. The number of rotatable bonds is 15. The number of allylic oxidation sites excluding steroid dienone is 1. The number of hydrogen-bond acceptors (Lipinski definition) is 9. The van der Waals surface area contributed by atoms with Gasteiger partial charge in [-0.15, -0.1) is 11.8 Å². The van der Waals surface area contributed by atoms with Gasteiger partial charge in [0.15, 0.2) is 0 Å². The molecular weight excluding hydrogens is 576 g/mol. The van der Waals surface area contributed by atoms with Crippen LogP contribution in [0, 0.1) is 11.8 Å². The number of ether oxygens (including phenoxy) is 1. The second-order valence-corrected chi connectivity index (χ2v) is 12.7. The van der Waals surface area contributed by atoms with E-state index in [4.69, 9.17) is 20.7 Å². The molecule has 13 heteroatoms. The summed E-state index contributed by atoms with van der Waals surface area (Å²) in [5.41, 5.74) is 8.84. The molecule has 43 heavy (non-hydrogen) atoms. The predicted molar refractivity (Wildman–Crippen MR) is 157 cm³/mol. The number of carbonyl (C=O) groups is 5. The molecule has 0 radical (unpaired) electrons. The van der Waals surface area contributed by atoms with Crippen molar-refractivity contribution in [3.63, 3.8) is 0 Å². The lowest BCUT2D eigenvalue weighted by Gasteiger charge is -2.42. The summed E-state index contributed by atoms with van der Waals surface area (Å²) in [6.45, 7) is 1.41. The number of carboxylic acid groups (broad SMARTS) is 2. The normalized spacial score (nSPS) is 23.9. The molecule has 6 N–H and O–H groups in total. The number of nitrogens with zero attached hydrogens (tertiary/aromatic N) is 1. The van der Waals surface area contributed by atoms with Gasteiger partial charge in [-0.25, -0.2) is 0 Å². The van der Waals surface area contributed by atoms with E-state index in [-0.39, 0.29) is 30.5 Å². The van der Waals surface area contributed by atoms with Crippen molar-refractivity contribution in [3.05, 3.63) is 53.1 Å². The fraction of sp³-hybridized carbons (Fsp3) is 0.533. The van der Waals surface area contributed by atoms with E-state index in [0.717, 1.165) is 36.8 Å². The number of carbonyl (C=O) groups excluding carboxylic acids is 3. The van der Waals surface area contributed by atoms with Gasteiger partial charge >= 0.3 is 17.9 Å². The van der Waals surface area contributed by atoms with Gasteiger partial charge in [-0.2, -0.15) is 0 Å². The Kier molecular flexibility index (Phi) is 10.6. The molecule has 0 aromatic carbocycles. The molecule has 0 spiro atoms. The number of hydrogen-bond donors (Lipinski definition) is 5. The Morgan fingerprint density at radius 2 is 1.98 bits per heavy atom. The highest BCUT2D eigenvalue weighted by molar-refractivity contribution is 8.00. The summed E-state index contributed by atoms with van der Waals surface area (Å²) in [5, 5.41) is 23.0. The van der Waals surface area contributed by atoms with Crippen LogP contribution in [0.15, 0.2) is 47.5 Å². The van der Waals surface area contributed by atoms with E-state index in [9.17, 15) is 24.0 Å². The summed E-state index contributed by atoms with van der Waals surface area (Å²) in [7, 11) is 0. The molecule has 3 aliphatic rings. The van der Waals surface area contributed by atoms with Crippen LogP contribution < -0.4 is 16.4 Å². The molecule has 1 aliphatic heterocycles. The summed E-state index contributed by atoms with van der Waals surface area (Å²) in [6.07, 6.45) is 9.78. The van der Waals surface area contributed by atoms with Crippen molar-refractivity contribution in [2.24, 2.45) is 17.6 Å². The summed E-state index contributed by atoms with van der Waals surface area (Å²) in [6, 6.07) is 1.62. The number of nitrogens with two attached hydrogens (primary N) is 1. The van der Waals surface area contributed by atoms with Gasteiger partial charge in [-0.3, -0.25) is 29.0 Å². The number of carboxylic acids is 2. The number of nitrogens with one attached hydrogen (secondary N) is 2. The van der Waals surface area contributed by atoms with E-state index in [0.29, 0.717) is 18.6 Å². The van der Waals surface area contributed by atoms with Crippen LogP contribution in [0.4, 0.5) is 0 Å². The van der Waals surface area contributed by atoms with Crippen LogP contribution in [-0.2, 0) is 35.1 Å². The van der Waals surface area contributed by atoms with Gasteiger partial charge in [-0.05, 0) is 67.7 Å². The van der Waals surface area contributed by atoms with Gasteiger partial charge in [0.05, 0.1) is 4.75 Å². The molecule has 4 rings (SSSR count). The average Bonchev–Trinajstić information content (AvgIpc) is 3.32. The predicted octanol–water partition coefficient (Wildman–Crippen LogP) is 1.94. The largest absolute Gasteiger partial charge is 0.480 e. The zero-order chi connectivity index (χ0) is 31.1. The van der Waals surface area contributed by atoms with Crippen LogP contribution in [0.5, 0.6) is 0 Å². The molecule has 0 saturated heterocycles. The van der Waals surface area contributed by atoms with Crippen LogP contribution in [0.2, 0.25) is 0 Å². The maximum Gasteiger partial charge on any atom is 0.322 e. The van der Waals surface area contributed by atoms with Crippen molar-refractivity contribution in [1.29, 1.82) is 0 Å². The zero-order valence-corrected chi connectivity index (χ0v) is 24.9. The quantitative estimate of drug-likeness (QED) is 0.143.